The number of fused-ring (bicyclic) bond motifs is 1. The van der Waals surface area contributed by atoms with Crippen molar-refractivity contribution in [3.8, 4) is 0 Å². The van der Waals surface area contributed by atoms with Crippen LogP contribution in [0.5, 0.6) is 0 Å². The number of benzene rings is 2. The van der Waals surface area contributed by atoms with E-state index in [2.05, 4.69) is 0 Å². The quantitative estimate of drug-likeness (QED) is 0.575. The molecular weight excluding hydrogens is 380 g/mol. The summed E-state index contributed by atoms with van der Waals surface area (Å²) < 4.78 is 18.8. The molecule has 1 aliphatic heterocycles. The maximum atomic E-state index is 13.6. The molecule has 136 valence electrons. The first-order valence-electron chi connectivity index (χ1n) is 8.08. The first-order chi connectivity index (χ1) is 12.4. The Hall–Kier alpha value is -2.11. The van der Waals surface area contributed by atoms with Gasteiger partial charge in [0.05, 0.1) is 15.6 Å². The highest BCUT2D eigenvalue weighted by molar-refractivity contribution is 6.36. The van der Waals surface area contributed by atoms with Gasteiger partial charge in [-0.1, -0.05) is 47.5 Å². The van der Waals surface area contributed by atoms with Crippen molar-refractivity contribution >= 4 is 35.1 Å². The van der Waals surface area contributed by atoms with E-state index in [4.69, 9.17) is 27.9 Å². The summed E-state index contributed by atoms with van der Waals surface area (Å²) in [7, 11) is 0. The fourth-order valence-corrected chi connectivity index (χ4v) is 3.35. The zero-order chi connectivity index (χ0) is 18.8. The first kappa shape index (κ1) is 18.7. The van der Waals surface area contributed by atoms with Gasteiger partial charge in [0, 0.05) is 13.1 Å². The number of carbonyl (C=O) groups excluding carboxylic acids is 2. The minimum atomic E-state index is -1.01. The van der Waals surface area contributed by atoms with Crippen molar-refractivity contribution in [1.82, 2.24) is 4.90 Å². The Morgan fingerprint density at radius 1 is 1.15 bits per heavy atom. The molecular formula is C19H16Cl2FNO3. The summed E-state index contributed by atoms with van der Waals surface area (Å²) in [6.07, 6.45) is -0.265. The molecule has 1 amide bonds. The highest BCUT2D eigenvalue weighted by Crippen LogP contribution is 2.25. The standard InChI is InChI=1S/C19H16Cl2FNO3/c1-11(26-19(25)14-8-17(22)16(21)9-15(14)20)18(24)23-7-6-12-4-2-3-5-13(12)10-23/h2-5,8-9,11H,6-7,10H2,1H3/t11-/m1/s1. The molecule has 1 aliphatic rings. The molecule has 0 bridgehead atoms. The number of amides is 1. The van der Waals surface area contributed by atoms with E-state index >= 15 is 0 Å². The molecule has 0 aliphatic carbocycles. The van der Waals surface area contributed by atoms with Gasteiger partial charge in [-0.05, 0) is 36.6 Å². The van der Waals surface area contributed by atoms with Gasteiger partial charge in [0.15, 0.2) is 6.10 Å². The number of carbonyl (C=O) groups is 2. The number of halogens is 3. The Labute approximate surface area is 160 Å². The van der Waals surface area contributed by atoms with Crippen molar-refractivity contribution in [2.24, 2.45) is 0 Å². The van der Waals surface area contributed by atoms with Gasteiger partial charge in [0.2, 0.25) is 0 Å². The third-order valence-corrected chi connectivity index (χ3v) is 4.91. The fraction of sp³-hybridized carbons (Fsp3) is 0.263. The number of hydrogen-bond donors (Lipinski definition) is 0. The Morgan fingerprint density at radius 3 is 2.58 bits per heavy atom. The van der Waals surface area contributed by atoms with E-state index in [0.29, 0.717) is 13.1 Å². The summed E-state index contributed by atoms with van der Waals surface area (Å²) in [5, 5.41) is -0.226. The summed E-state index contributed by atoms with van der Waals surface area (Å²) in [5.41, 5.74) is 2.12. The lowest BCUT2D eigenvalue weighted by atomic mass is 9.99. The molecule has 0 saturated carbocycles. The van der Waals surface area contributed by atoms with Crippen LogP contribution in [0.1, 0.15) is 28.4 Å². The Bertz CT molecular complexity index is 872. The van der Waals surface area contributed by atoms with Crippen molar-refractivity contribution < 1.29 is 18.7 Å². The molecule has 0 aromatic heterocycles. The van der Waals surface area contributed by atoms with Gasteiger partial charge in [-0.25, -0.2) is 9.18 Å². The second-order valence-corrected chi connectivity index (χ2v) is 6.89. The zero-order valence-electron chi connectivity index (χ0n) is 14.0. The molecule has 1 atom stereocenters. The fourth-order valence-electron chi connectivity index (χ4n) is 2.89. The Balaban J connectivity index is 1.68. The maximum Gasteiger partial charge on any atom is 0.340 e. The first-order valence-corrected chi connectivity index (χ1v) is 8.83. The van der Waals surface area contributed by atoms with Crippen LogP contribution in [0.4, 0.5) is 4.39 Å². The minimum absolute atomic E-state index is 0.0343. The van der Waals surface area contributed by atoms with Crippen LogP contribution in [-0.4, -0.2) is 29.4 Å². The Kier molecular flexibility index (Phi) is 5.49. The molecule has 4 nitrogen and oxygen atoms in total. The van der Waals surface area contributed by atoms with Crippen LogP contribution in [0.25, 0.3) is 0 Å². The molecule has 0 N–H and O–H groups in total. The smallest absolute Gasteiger partial charge is 0.340 e. The highest BCUT2D eigenvalue weighted by Gasteiger charge is 2.28. The molecule has 0 unspecified atom stereocenters. The largest absolute Gasteiger partial charge is 0.449 e. The predicted octanol–water partition coefficient (Wildman–Crippen LogP) is 4.26. The van der Waals surface area contributed by atoms with E-state index in [1.165, 1.54) is 12.5 Å². The summed E-state index contributed by atoms with van der Waals surface area (Å²) in [5.74, 6) is -1.96. The van der Waals surface area contributed by atoms with E-state index in [0.717, 1.165) is 24.1 Å². The molecule has 0 fully saturated rings. The van der Waals surface area contributed by atoms with Crippen LogP contribution in [0, 0.1) is 5.82 Å². The molecule has 0 radical (unpaired) electrons. The van der Waals surface area contributed by atoms with Crippen molar-refractivity contribution in [3.05, 3.63) is 69.0 Å². The average molecular weight is 396 g/mol. The van der Waals surface area contributed by atoms with E-state index in [1.54, 1.807) is 4.90 Å². The molecule has 2 aromatic rings. The van der Waals surface area contributed by atoms with Gasteiger partial charge in [-0.3, -0.25) is 4.79 Å². The Morgan fingerprint density at radius 2 is 1.85 bits per heavy atom. The zero-order valence-corrected chi connectivity index (χ0v) is 15.5. The third kappa shape index (κ3) is 3.84. The lowest BCUT2D eigenvalue weighted by Gasteiger charge is -2.30. The topological polar surface area (TPSA) is 46.6 Å². The maximum absolute atomic E-state index is 13.6. The lowest BCUT2D eigenvalue weighted by Crippen LogP contribution is -2.42. The van der Waals surface area contributed by atoms with Gasteiger partial charge < -0.3 is 9.64 Å². The minimum Gasteiger partial charge on any atom is -0.449 e. The predicted molar refractivity (Wildman–Crippen MR) is 96.9 cm³/mol. The van der Waals surface area contributed by atoms with Crippen LogP contribution >= 0.6 is 23.2 Å². The van der Waals surface area contributed by atoms with Gasteiger partial charge in [-0.2, -0.15) is 0 Å². The van der Waals surface area contributed by atoms with E-state index in [-0.39, 0.29) is 21.5 Å². The molecule has 26 heavy (non-hydrogen) atoms. The summed E-state index contributed by atoms with van der Waals surface area (Å²) >= 11 is 11.5. The highest BCUT2D eigenvalue weighted by atomic mass is 35.5. The van der Waals surface area contributed by atoms with Crippen LogP contribution in [-0.2, 0) is 22.5 Å². The second kappa shape index (κ2) is 7.64. The van der Waals surface area contributed by atoms with Crippen LogP contribution < -0.4 is 0 Å². The van der Waals surface area contributed by atoms with Crippen LogP contribution in [0.2, 0.25) is 10.0 Å². The molecule has 1 heterocycles. The number of nitrogens with zero attached hydrogens (tertiary/aromatic N) is 1. The molecule has 3 rings (SSSR count). The SMILES string of the molecule is C[C@@H](OC(=O)c1cc(F)c(Cl)cc1Cl)C(=O)N1CCc2ccccc2C1. The van der Waals surface area contributed by atoms with Gasteiger partial charge in [-0.15, -0.1) is 0 Å². The third-order valence-electron chi connectivity index (χ3n) is 4.30. The summed E-state index contributed by atoms with van der Waals surface area (Å²) in [6, 6.07) is 9.94. The van der Waals surface area contributed by atoms with Crippen molar-refractivity contribution in [2.45, 2.75) is 26.0 Å². The van der Waals surface area contributed by atoms with Gasteiger partial charge >= 0.3 is 5.97 Å². The summed E-state index contributed by atoms with van der Waals surface area (Å²) in [4.78, 5) is 26.5. The van der Waals surface area contributed by atoms with Crippen molar-refractivity contribution in [2.75, 3.05) is 6.54 Å². The van der Waals surface area contributed by atoms with E-state index in [9.17, 15) is 14.0 Å². The number of esters is 1. The van der Waals surface area contributed by atoms with Crippen molar-refractivity contribution in [1.29, 1.82) is 0 Å². The molecule has 0 saturated heterocycles. The second-order valence-electron chi connectivity index (χ2n) is 6.07. The van der Waals surface area contributed by atoms with E-state index < -0.39 is 17.9 Å². The average Bonchev–Trinajstić information content (AvgIpc) is 2.63. The van der Waals surface area contributed by atoms with Crippen LogP contribution in [0.3, 0.4) is 0 Å². The van der Waals surface area contributed by atoms with Gasteiger partial charge in [0.25, 0.3) is 5.91 Å². The summed E-state index contributed by atoms with van der Waals surface area (Å²) in [6.45, 7) is 2.50. The number of hydrogen-bond acceptors (Lipinski definition) is 3. The molecule has 0 spiro atoms. The lowest BCUT2D eigenvalue weighted by molar-refractivity contribution is -0.140. The normalized spacial score (nSPS) is 14.5. The molecule has 2 aromatic carbocycles. The van der Waals surface area contributed by atoms with E-state index in [1.807, 2.05) is 24.3 Å². The molecule has 7 heteroatoms. The number of rotatable bonds is 3. The van der Waals surface area contributed by atoms with Gasteiger partial charge in [0.1, 0.15) is 5.82 Å². The number of ether oxygens (including phenoxy) is 1. The monoisotopic (exact) mass is 395 g/mol. The van der Waals surface area contributed by atoms with Crippen LogP contribution in [0.15, 0.2) is 36.4 Å². The van der Waals surface area contributed by atoms with Crippen molar-refractivity contribution in [3.63, 3.8) is 0 Å².